The molecule has 18 heteroatoms. The van der Waals surface area contributed by atoms with E-state index in [1.54, 1.807) is 13.8 Å². The van der Waals surface area contributed by atoms with E-state index in [4.69, 9.17) is 33.7 Å². The number of anilines is 1. The lowest BCUT2D eigenvalue weighted by atomic mass is 9.92. The summed E-state index contributed by atoms with van der Waals surface area (Å²) >= 11 is 0. The number of hydrogen-bond acceptors (Lipinski definition) is 15. The van der Waals surface area contributed by atoms with Gasteiger partial charge in [-0.05, 0) is 52.2 Å². The molecule has 3 heterocycles. The molecule has 5 N–H and O–H groups in total. The van der Waals surface area contributed by atoms with Crippen LogP contribution in [0.2, 0.25) is 0 Å². The van der Waals surface area contributed by atoms with Gasteiger partial charge in [0.2, 0.25) is 12.4 Å². The van der Waals surface area contributed by atoms with E-state index in [0.717, 1.165) is 12.7 Å². The maximum absolute atomic E-state index is 13.6. The largest absolute Gasteiger partial charge is 0.510 e. The molecule has 1 aliphatic heterocycles. The third kappa shape index (κ3) is 6.65. The van der Waals surface area contributed by atoms with Crippen LogP contribution in [0.3, 0.4) is 0 Å². The number of nitriles is 1. The second-order valence-electron chi connectivity index (χ2n) is 10.0. The lowest BCUT2D eigenvalue weighted by molar-refractivity contribution is -0.154. The average Bonchev–Trinajstić information content (AvgIpc) is 3.45. The van der Waals surface area contributed by atoms with Gasteiger partial charge in [-0.25, -0.2) is 23.9 Å². The van der Waals surface area contributed by atoms with E-state index >= 15 is 0 Å². The minimum atomic E-state index is -4.49. The van der Waals surface area contributed by atoms with Gasteiger partial charge in [0, 0.05) is 0 Å². The minimum Gasteiger partial charge on any atom is -0.461 e. The third-order valence-corrected chi connectivity index (χ3v) is 8.30. The first kappa shape index (κ1) is 31.6. The zero-order valence-corrected chi connectivity index (χ0v) is 24.0. The normalized spacial score (nSPS) is 26.3. The molecule has 1 saturated heterocycles. The second kappa shape index (κ2) is 12.9. The number of carbonyl (C=O) groups excluding carboxylic acids is 2. The van der Waals surface area contributed by atoms with Crippen LogP contribution in [0, 0.1) is 11.3 Å². The van der Waals surface area contributed by atoms with Gasteiger partial charge in [0.15, 0.2) is 5.82 Å². The van der Waals surface area contributed by atoms with Crippen molar-refractivity contribution in [3.8, 4) is 6.07 Å². The first-order chi connectivity index (χ1) is 19.9. The summed E-state index contributed by atoms with van der Waals surface area (Å²) in [5.74, 6) is -0.615. The number of nitrogens with zero attached hydrogens (tertiary/aromatic N) is 4. The van der Waals surface area contributed by atoms with Crippen LogP contribution in [0.5, 0.6) is 0 Å². The molecule has 0 aromatic carbocycles. The lowest BCUT2D eigenvalue weighted by Crippen LogP contribution is -2.41. The van der Waals surface area contributed by atoms with Crippen LogP contribution in [0.15, 0.2) is 18.5 Å². The van der Waals surface area contributed by atoms with Gasteiger partial charge in [-0.3, -0.25) is 13.8 Å². The zero-order valence-electron chi connectivity index (χ0n) is 23.1. The molecule has 0 radical (unpaired) electrons. The second-order valence-corrected chi connectivity index (χ2v) is 11.8. The average molecular weight is 613 g/mol. The molecule has 0 bridgehead atoms. The van der Waals surface area contributed by atoms with E-state index in [0.29, 0.717) is 18.4 Å². The van der Waals surface area contributed by atoms with Crippen molar-refractivity contribution in [1.29, 1.82) is 5.26 Å². The topological polar surface area (TPSA) is 239 Å². The molecule has 6 atom stereocenters. The lowest BCUT2D eigenvalue weighted by Gasteiger charge is -2.28. The number of hydrogen-bond donors (Lipinski definition) is 4. The van der Waals surface area contributed by atoms with Crippen molar-refractivity contribution < 1.29 is 52.4 Å². The van der Waals surface area contributed by atoms with Gasteiger partial charge in [0.05, 0.1) is 18.4 Å². The quantitative estimate of drug-likeness (QED) is 0.148. The highest BCUT2D eigenvalue weighted by atomic mass is 31.2. The minimum absolute atomic E-state index is 0.0464. The van der Waals surface area contributed by atoms with E-state index in [2.05, 4.69) is 15.2 Å². The van der Waals surface area contributed by atoms with Crippen molar-refractivity contribution in [2.24, 2.45) is 0 Å². The van der Waals surface area contributed by atoms with E-state index in [-0.39, 0.29) is 17.6 Å². The molecule has 1 saturated carbocycles. The fourth-order valence-corrected chi connectivity index (χ4v) is 5.59. The molecule has 2 aliphatic rings. The predicted octanol–water partition coefficient (Wildman–Crippen LogP) is 0.885. The molecule has 1 unspecified atom stereocenters. The van der Waals surface area contributed by atoms with Crippen molar-refractivity contribution in [3.63, 3.8) is 0 Å². The molecule has 0 spiro atoms. The summed E-state index contributed by atoms with van der Waals surface area (Å²) < 4.78 is 46.2. The Balaban J connectivity index is 1.49. The Morgan fingerprint density at radius 1 is 1.31 bits per heavy atom. The van der Waals surface area contributed by atoms with Crippen LogP contribution in [-0.2, 0) is 43.0 Å². The molecule has 2 aromatic rings. The molecule has 17 nitrogen and oxygen atoms in total. The van der Waals surface area contributed by atoms with Crippen LogP contribution in [-0.4, -0.2) is 86.9 Å². The van der Waals surface area contributed by atoms with E-state index < -0.39 is 69.3 Å². The van der Waals surface area contributed by atoms with Crippen molar-refractivity contribution in [3.05, 3.63) is 24.2 Å². The number of nitrogen functional groups attached to an aromatic ring is 1. The molecule has 4 rings (SSSR count). The molecule has 1 aliphatic carbocycles. The monoisotopic (exact) mass is 612 g/mol. The van der Waals surface area contributed by atoms with Crippen LogP contribution in [0.4, 0.5) is 10.6 Å². The number of fused-ring (bicyclic) bond motifs is 1. The third-order valence-electron chi connectivity index (χ3n) is 6.67. The summed E-state index contributed by atoms with van der Waals surface area (Å²) in [5, 5.41) is 38.3. The molecule has 0 amide bonds. The Bertz CT molecular complexity index is 1380. The van der Waals surface area contributed by atoms with Crippen molar-refractivity contribution >= 4 is 31.2 Å². The van der Waals surface area contributed by atoms with Gasteiger partial charge in [0.1, 0.15) is 48.4 Å². The number of nitrogens with two attached hydrogens (primary N) is 1. The maximum atomic E-state index is 13.6. The number of aliphatic hydroxyl groups is 2. The van der Waals surface area contributed by atoms with Crippen LogP contribution < -0.4 is 10.8 Å². The van der Waals surface area contributed by atoms with Crippen LogP contribution in [0.1, 0.15) is 45.7 Å². The number of aliphatic hydroxyl groups excluding tert-OH is 2. The Labute approximate surface area is 240 Å². The fourth-order valence-electron chi connectivity index (χ4n) is 4.25. The number of aromatic nitrogens is 3. The molecule has 2 fully saturated rings. The standard InChI is InChI=1S/C24H33N6O11P/c1-13(2)39-23(34)36-12-38-42(35,29-14(3)22(33)40-15-5-4-6-15)37-9-17-19(31)20(32)24(10-25,41-17)18-8-7-16-21(26)27-11-28-30(16)18/h7-8,11,13-15,17,19-20,31-32H,4-6,9,12H2,1-3H3,(H,29,35)(H2,26,27,28)/t14-,17+,19+,20+,24-,42?/m0/s1. The fraction of sp³-hybridized carbons (Fsp3) is 0.625. The summed E-state index contributed by atoms with van der Waals surface area (Å²) in [4.78, 5) is 28.1. The summed E-state index contributed by atoms with van der Waals surface area (Å²) in [6.45, 7) is 2.96. The summed E-state index contributed by atoms with van der Waals surface area (Å²) in [5.41, 5.74) is 4.10. The maximum Gasteiger partial charge on any atom is 0.510 e. The smallest absolute Gasteiger partial charge is 0.461 e. The molecule has 2 aromatic heterocycles. The Morgan fingerprint density at radius 3 is 2.69 bits per heavy atom. The van der Waals surface area contributed by atoms with Crippen molar-refractivity contribution in [1.82, 2.24) is 19.7 Å². The summed E-state index contributed by atoms with van der Waals surface area (Å²) in [7, 11) is -4.49. The summed E-state index contributed by atoms with van der Waals surface area (Å²) in [6, 6.07) is 3.64. The van der Waals surface area contributed by atoms with Crippen molar-refractivity contribution in [2.45, 2.75) is 82.2 Å². The van der Waals surface area contributed by atoms with Gasteiger partial charge in [-0.15, -0.1) is 0 Å². The van der Waals surface area contributed by atoms with Gasteiger partial charge < -0.3 is 34.9 Å². The van der Waals surface area contributed by atoms with Crippen LogP contribution >= 0.6 is 7.75 Å². The zero-order chi connectivity index (χ0) is 30.7. The number of ether oxygens (including phenoxy) is 4. The Hall–Kier alpha value is -3.36. The highest BCUT2D eigenvalue weighted by Gasteiger charge is 2.58. The summed E-state index contributed by atoms with van der Waals surface area (Å²) in [6.07, 6.45) is -3.28. The first-order valence-corrected chi connectivity index (χ1v) is 14.7. The molecule has 230 valence electrons. The SMILES string of the molecule is CC(C)OC(=O)OCOP(=O)(N[C@@H](C)C(=O)OC1CCC1)OC[C@H]1O[C@@](C#N)(c2ccc3c(N)ncnn23)[C@H](O)[C@@H]1O. The number of esters is 1. The Kier molecular flexibility index (Phi) is 9.68. The Morgan fingerprint density at radius 2 is 2.05 bits per heavy atom. The van der Waals surface area contributed by atoms with Gasteiger partial charge in [-0.1, -0.05) is 0 Å². The van der Waals surface area contributed by atoms with Gasteiger partial charge >= 0.3 is 19.9 Å². The predicted molar refractivity (Wildman–Crippen MR) is 140 cm³/mol. The van der Waals surface area contributed by atoms with E-state index in [9.17, 15) is 29.6 Å². The number of nitrogens with one attached hydrogen (secondary N) is 1. The van der Waals surface area contributed by atoms with E-state index in [1.165, 1.54) is 23.6 Å². The van der Waals surface area contributed by atoms with E-state index in [1.807, 2.05) is 6.07 Å². The molecular formula is C24H33N6O11P. The number of rotatable bonds is 12. The van der Waals surface area contributed by atoms with Crippen molar-refractivity contribution in [2.75, 3.05) is 19.1 Å². The van der Waals surface area contributed by atoms with Gasteiger partial charge in [0.25, 0.3) is 0 Å². The highest BCUT2D eigenvalue weighted by Crippen LogP contribution is 2.47. The molecule has 42 heavy (non-hydrogen) atoms. The van der Waals surface area contributed by atoms with Crippen LogP contribution in [0.25, 0.3) is 5.52 Å². The molecular weight excluding hydrogens is 579 g/mol. The van der Waals surface area contributed by atoms with Gasteiger partial charge in [-0.2, -0.15) is 10.4 Å². The highest BCUT2D eigenvalue weighted by molar-refractivity contribution is 7.51. The first-order valence-electron chi connectivity index (χ1n) is 13.1. The number of carbonyl (C=O) groups is 2.